The van der Waals surface area contributed by atoms with Crippen LogP contribution in [-0.4, -0.2) is 0 Å². The molecule has 1 unspecified atom stereocenters. The van der Waals surface area contributed by atoms with E-state index in [2.05, 4.69) is 41.2 Å². The average molecular weight is 168 g/mol. The highest BCUT2D eigenvalue weighted by atomic mass is 14.3. The van der Waals surface area contributed by atoms with Crippen molar-refractivity contribution in [3.63, 3.8) is 0 Å². The highest BCUT2D eigenvalue weighted by Crippen LogP contribution is 2.37. The molecule has 0 aromatic carbocycles. The predicted molar refractivity (Wildman–Crippen MR) is 57.3 cm³/mol. The summed E-state index contributed by atoms with van der Waals surface area (Å²) in [7, 11) is 0. The zero-order valence-electron chi connectivity index (χ0n) is 9.41. The smallest absolute Gasteiger partial charge is 0.0158 e. The summed E-state index contributed by atoms with van der Waals surface area (Å²) in [6, 6.07) is 0. The van der Waals surface area contributed by atoms with Crippen LogP contribution in [0.3, 0.4) is 0 Å². The molecule has 0 rings (SSSR count). The standard InChI is InChI=1S/C12H24/c1-7-9-11(10(3)4)12(5,6)8-2/h11H,3,7-9H2,1-2,4-6H3. The van der Waals surface area contributed by atoms with Gasteiger partial charge in [0.05, 0.1) is 0 Å². The van der Waals surface area contributed by atoms with Gasteiger partial charge in [-0.25, -0.2) is 0 Å². The molecule has 0 heteroatoms. The molecule has 0 aliphatic heterocycles. The second kappa shape index (κ2) is 4.69. The van der Waals surface area contributed by atoms with Crippen molar-refractivity contribution in [1.29, 1.82) is 0 Å². The fourth-order valence-electron chi connectivity index (χ4n) is 1.84. The summed E-state index contributed by atoms with van der Waals surface area (Å²) in [5.41, 5.74) is 1.78. The summed E-state index contributed by atoms with van der Waals surface area (Å²) in [5.74, 6) is 0.701. The molecule has 0 saturated heterocycles. The fourth-order valence-corrected chi connectivity index (χ4v) is 1.84. The van der Waals surface area contributed by atoms with E-state index in [-0.39, 0.29) is 0 Å². The Morgan fingerprint density at radius 3 is 2.08 bits per heavy atom. The topological polar surface area (TPSA) is 0 Å². The van der Waals surface area contributed by atoms with Crippen LogP contribution in [-0.2, 0) is 0 Å². The van der Waals surface area contributed by atoms with Crippen LogP contribution in [0.15, 0.2) is 12.2 Å². The SMILES string of the molecule is C=C(C)C(CCC)C(C)(C)CC. The first-order chi connectivity index (χ1) is 5.45. The Hall–Kier alpha value is -0.260. The molecule has 0 aliphatic carbocycles. The molecule has 0 amide bonds. The highest BCUT2D eigenvalue weighted by Gasteiger charge is 2.26. The van der Waals surface area contributed by atoms with E-state index >= 15 is 0 Å². The predicted octanol–water partition coefficient (Wildman–Crippen LogP) is 4.42. The van der Waals surface area contributed by atoms with Crippen LogP contribution in [0.25, 0.3) is 0 Å². The third kappa shape index (κ3) is 3.00. The summed E-state index contributed by atoms with van der Waals surface area (Å²) in [6.07, 6.45) is 3.79. The van der Waals surface area contributed by atoms with Gasteiger partial charge in [-0.15, -0.1) is 0 Å². The third-order valence-electron chi connectivity index (χ3n) is 3.03. The number of allylic oxidation sites excluding steroid dienone is 1. The Kier molecular flexibility index (Phi) is 4.59. The Morgan fingerprint density at radius 2 is 1.83 bits per heavy atom. The molecule has 0 aromatic rings. The molecule has 0 aliphatic rings. The number of hydrogen-bond donors (Lipinski definition) is 0. The summed E-state index contributed by atoms with van der Waals surface area (Å²) < 4.78 is 0. The maximum atomic E-state index is 4.09. The van der Waals surface area contributed by atoms with Gasteiger partial charge in [-0.2, -0.15) is 0 Å². The molecular formula is C12H24. The van der Waals surface area contributed by atoms with Crippen LogP contribution in [0, 0.1) is 11.3 Å². The molecule has 0 aromatic heterocycles. The molecule has 0 saturated carbocycles. The van der Waals surface area contributed by atoms with Crippen molar-refractivity contribution in [2.75, 3.05) is 0 Å². The van der Waals surface area contributed by atoms with Crippen molar-refractivity contribution in [3.05, 3.63) is 12.2 Å². The van der Waals surface area contributed by atoms with E-state index in [0.717, 1.165) is 0 Å². The zero-order valence-corrected chi connectivity index (χ0v) is 9.41. The molecule has 0 heterocycles. The van der Waals surface area contributed by atoms with E-state index in [0.29, 0.717) is 11.3 Å². The summed E-state index contributed by atoms with van der Waals surface area (Å²) in [4.78, 5) is 0. The Bertz CT molecular complexity index is 142. The molecule has 0 nitrogen and oxygen atoms in total. The van der Waals surface area contributed by atoms with Gasteiger partial charge in [-0.05, 0) is 24.7 Å². The second-order valence-corrected chi connectivity index (χ2v) is 4.53. The lowest BCUT2D eigenvalue weighted by Gasteiger charge is -2.34. The summed E-state index contributed by atoms with van der Waals surface area (Å²) >= 11 is 0. The van der Waals surface area contributed by atoms with Gasteiger partial charge in [0.2, 0.25) is 0 Å². The molecule has 0 bridgehead atoms. The van der Waals surface area contributed by atoms with E-state index in [9.17, 15) is 0 Å². The molecule has 1 atom stereocenters. The van der Waals surface area contributed by atoms with Gasteiger partial charge in [0, 0.05) is 0 Å². The first-order valence-corrected chi connectivity index (χ1v) is 5.11. The van der Waals surface area contributed by atoms with Crippen molar-refractivity contribution in [2.45, 2.75) is 53.9 Å². The molecule has 12 heavy (non-hydrogen) atoms. The van der Waals surface area contributed by atoms with Gasteiger partial charge in [0.15, 0.2) is 0 Å². The van der Waals surface area contributed by atoms with Gasteiger partial charge in [-0.3, -0.25) is 0 Å². The maximum absolute atomic E-state index is 4.09. The zero-order chi connectivity index (χ0) is 9.78. The third-order valence-corrected chi connectivity index (χ3v) is 3.03. The fraction of sp³-hybridized carbons (Fsp3) is 0.833. The van der Waals surface area contributed by atoms with Crippen molar-refractivity contribution in [1.82, 2.24) is 0 Å². The highest BCUT2D eigenvalue weighted by molar-refractivity contribution is 5.01. The van der Waals surface area contributed by atoms with Crippen LogP contribution in [0.2, 0.25) is 0 Å². The normalized spacial score (nSPS) is 14.4. The van der Waals surface area contributed by atoms with Gasteiger partial charge in [-0.1, -0.05) is 52.7 Å². The largest absolute Gasteiger partial charge is 0.0998 e. The van der Waals surface area contributed by atoms with Crippen LogP contribution >= 0.6 is 0 Å². The average Bonchev–Trinajstić information content (AvgIpc) is 1.99. The molecule has 72 valence electrons. The minimum Gasteiger partial charge on any atom is -0.0998 e. The molecule has 0 fully saturated rings. The van der Waals surface area contributed by atoms with E-state index in [4.69, 9.17) is 0 Å². The summed E-state index contributed by atoms with van der Waals surface area (Å²) in [5, 5.41) is 0. The monoisotopic (exact) mass is 168 g/mol. The van der Waals surface area contributed by atoms with E-state index < -0.39 is 0 Å². The minimum absolute atomic E-state index is 0.432. The van der Waals surface area contributed by atoms with Gasteiger partial charge in [0.1, 0.15) is 0 Å². The van der Waals surface area contributed by atoms with E-state index in [1.807, 2.05) is 0 Å². The van der Waals surface area contributed by atoms with Crippen molar-refractivity contribution < 1.29 is 0 Å². The van der Waals surface area contributed by atoms with Crippen LogP contribution in [0.4, 0.5) is 0 Å². The Labute approximate surface area is 78.1 Å². The van der Waals surface area contributed by atoms with Gasteiger partial charge >= 0.3 is 0 Å². The van der Waals surface area contributed by atoms with Crippen LogP contribution in [0.5, 0.6) is 0 Å². The van der Waals surface area contributed by atoms with Crippen molar-refractivity contribution in [2.24, 2.45) is 11.3 Å². The molecule has 0 spiro atoms. The van der Waals surface area contributed by atoms with Gasteiger partial charge < -0.3 is 0 Å². The molecular weight excluding hydrogens is 144 g/mol. The van der Waals surface area contributed by atoms with Crippen LogP contribution < -0.4 is 0 Å². The number of rotatable bonds is 5. The lowest BCUT2D eigenvalue weighted by Crippen LogP contribution is -2.23. The van der Waals surface area contributed by atoms with Crippen molar-refractivity contribution in [3.8, 4) is 0 Å². The Balaban J connectivity index is 4.38. The maximum Gasteiger partial charge on any atom is -0.0158 e. The van der Waals surface area contributed by atoms with E-state index in [1.54, 1.807) is 0 Å². The van der Waals surface area contributed by atoms with Crippen molar-refractivity contribution >= 4 is 0 Å². The van der Waals surface area contributed by atoms with Crippen LogP contribution in [0.1, 0.15) is 53.9 Å². The van der Waals surface area contributed by atoms with E-state index in [1.165, 1.54) is 24.8 Å². The lowest BCUT2D eigenvalue weighted by molar-refractivity contribution is 0.224. The number of hydrogen-bond acceptors (Lipinski definition) is 0. The minimum atomic E-state index is 0.432. The first-order valence-electron chi connectivity index (χ1n) is 5.11. The van der Waals surface area contributed by atoms with Gasteiger partial charge in [0.25, 0.3) is 0 Å². The quantitative estimate of drug-likeness (QED) is 0.533. The summed E-state index contributed by atoms with van der Waals surface area (Å²) in [6.45, 7) is 15.5. The first kappa shape index (κ1) is 11.7. The molecule has 0 N–H and O–H groups in total. The Morgan fingerprint density at radius 1 is 1.33 bits per heavy atom. The second-order valence-electron chi connectivity index (χ2n) is 4.53. The molecule has 0 radical (unpaired) electrons. The lowest BCUT2D eigenvalue weighted by atomic mass is 9.71.